The van der Waals surface area contributed by atoms with Crippen molar-refractivity contribution in [1.29, 1.82) is 5.26 Å². The standard InChI is InChI=1S/C19H11N3O3/c20-9-10-25-16-6-2-3-12-11(16)7-8-15-17(12)22-18-13(19(23)24)4-1-5-14(18)21-15/h1-8H,10H2,(H,23,24). The summed E-state index contributed by atoms with van der Waals surface area (Å²) >= 11 is 0. The summed E-state index contributed by atoms with van der Waals surface area (Å²) < 4.78 is 5.46. The second kappa shape index (κ2) is 5.73. The van der Waals surface area contributed by atoms with Crippen LogP contribution in [-0.4, -0.2) is 27.7 Å². The average molecular weight is 329 g/mol. The summed E-state index contributed by atoms with van der Waals surface area (Å²) in [4.78, 5) is 20.6. The van der Waals surface area contributed by atoms with Gasteiger partial charge in [-0.2, -0.15) is 5.26 Å². The number of aromatic nitrogens is 2. The van der Waals surface area contributed by atoms with Crippen LogP contribution in [0, 0.1) is 11.3 Å². The molecule has 0 aliphatic heterocycles. The Labute approximate surface area is 141 Å². The van der Waals surface area contributed by atoms with Crippen molar-refractivity contribution in [3.8, 4) is 11.8 Å². The van der Waals surface area contributed by atoms with Crippen molar-refractivity contribution in [3.05, 3.63) is 54.1 Å². The molecule has 0 aliphatic carbocycles. The Kier molecular flexibility index (Phi) is 3.40. The molecule has 3 aromatic carbocycles. The predicted octanol–water partition coefficient (Wildman–Crippen LogP) is 3.54. The summed E-state index contributed by atoms with van der Waals surface area (Å²) in [6.45, 7) is -0.0519. The number of ether oxygens (including phenoxy) is 1. The predicted molar refractivity (Wildman–Crippen MR) is 92.6 cm³/mol. The third-order valence-electron chi connectivity index (χ3n) is 3.97. The molecule has 0 spiro atoms. The Hall–Kier alpha value is -3.72. The number of carbonyl (C=O) groups is 1. The second-order valence-electron chi connectivity index (χ2n) is 5.43. The lowest BCUT2D eigenvalue weighted by atomic mass is 10.1. The second-order valence-corrected chi connectivity index (χ2v) is 5.43. The Morgan fingerprint density at radius 3 is 2.60 bits per heavy atom. The molecule has 1 N–H and O–H groups in total. The van der Waals surface area contributed by atoms with E-state index in [1.54, 1.807) is 18.2 Å². The van der Waals surface area contributed by atoms with Gasteiger partial charge in [-0.15, -0.1) is 0 Å². The lowest BCUT2D eigenvalue weighted by molar-refractivity contribution is 0.0699. The molecule has 4 rings (SSSR count). The van der Waals surface area contributed by atoms with Crippen LogP contribution >= 0.6 is 0 Å². The van der Waals surface area contributed by atoms with Crippen LogP contribution in [0.25, 0.3) is 32.8 Å². The first-order chi connectivity index (χ1) is 12.2. The molecule has 25 heavy (non-hydrogen) atoms. The Bertz CT molecular complexity index is 1200. The van der Waals surface area contributed by atoms with E-state index in [2.05, 4.69) is 9.97 Å². The summed E-state index contributed by atoms with van der Waals surface area (Å²) in [5, 5.41) is 19.7. The van der Waals surface area contributed by atoms with E-state index in [1.165, 1.54) is 6.07 Å². The van der Waals surface area contributed by atoms with Crippen LogP contribution in [0.1, 0.15) is 10.4 Å². The maximum atomic E-state index is 11.5. The van der Waals surface area contributed by atoms with Crippen LogP contribution in [0.5, 0.6) is 5.75 Å². The van der Waals surface area contributed by atoms with Gasteiger partial charge in [0, 0.05) is 10.8 Å². The van der Waals surface area contributed by atoms with E-state index in [0.717, 1.165) is 10.8 Å². The van der Waals surface area contributed by atoms with Crippen LogP contribution in [0.15, 0.2) is 48.5 Å². The van der Waals surface area contributed by atoms with Gasteiger partial charge < -0.3 is 9.84 Å². The van der Waals surface area contributed by atoms with Gasteiger partial charge in [0.15, 0.2) is 6.61 Å². The fourth-order valence-electron chi connectivity index (χ4n) is 2.90. The van der Waals surface area contributed by atoms with E-state index in [0.29, 0.717) is 27.8 Å². The lowest BCUT2D eigenvalue weighted by Crippen LogP contribution is -2.00. The lowest BCUT2D eigenvalue weighted by Gasteiger charge is -2.09. The Morgan fingerprint density at radius 1 is 1.00 bits per heavy atom. The van der Waals surface area contributed by atoms with E-state index in [9.17, 15) is 9.90 Å². The van der Waals surface area contributed by atoms with Crippen LogP contribution in [-0.2, 0) is 0 Å². The molecule has 1 heterocycles. The molecule has 0 bridgehead atoms. The van der Waals surface area contributed by atoms with E-state index in [-0.39, 0.29) is 12.2 Å². The smallest absolute Gasteiger partial charge is 0.337 e. The molecule has 0 unspecified atom stereocenters. The van der Waals surface area contributed by atoms with Crippen LogP contribution in [0.3, 0.4) is 0 Å². The molecule has 1 aromatic heterocycles. The quantitative estimate of drug-likeness (QED) is 0.456. The number of nitriles is 1. The zero-order chi connectivity index (χ0) is 17.4. The van der Waals surface area contributed by atoms with Crippen LogP contribution < -0.4 is 4.74 Å². The van der Waals surface area contributed by atoms with E-state index in [1.807, 2.05) is 30.3 Å². The van der Waals surface area contributed by atoms with E-state index < -0.39 is 5.97 Å². The third kappa shape index (κ3) is 2.39. The number of rotatable bonds is 3. The van der Waals surface area contributed by atoms with Gasteiger partial charge in [-0.25, -0.2) is 14.8 Å². The first kappa shape index (κ1) is 14.8. The van der Waals surface area contributed by atoms with Crippen molar-refractivity contribution >= 4 is 38.8 Å². The molecule has 6 nitrogen and oxygen atoms in total. The molecule has 0 saturated heterocycles. The van der Waals surface area contributed by atoms with Gasteiger partial charge in [-0.05, 0) is 30.3 Å². The normalized spacial score (nSPS) is 10.8. The number of para-hydroxylation sites is 1. The maximum Gasteiger partial charge on any atom is 0.337 e. The van der Waals surface area contributed by atoms with Gasteiger partial charge >= 0.3 is 5.97 Å². The van der Waals surface area contributed by atoms with Gasteiger partial charge in [-0.3, -0.25) is 0 Å². The van der Waals surface area contributed by atoms with Crippen LogP contribution in [0.2, 0.25) is 0 Å². The average Bonchev–Trinajstić information content (AvgIpc) is 2.63. The zero-order valence-corrected chi connectivity index (χ0v) is 12.9. The van der Waals surface area contributed by atoms with Crippen molar-refractivity contribution < 1.29 is 14.6 Å². The SMILES string of the molecule is N#CCOc1cccc2c1ccc1nc3cccc(C(=O)O)c3nc12. The largest absolute Gasteiger partial charge is 0.478 e. The third-order valence-corrected chi connectivity index (χ3v) is 3.97. The van der Waals surface area contributed by atoms with Gasteiger partial charge in [0.05, 0.1) is 22.1 Å². The Morgan fingerprint density at radius 2 is 1.80 bits per heavy atom. The highest BCUT2D eigenvalue weighted by Gasteiger charge is 2.14. The molecule has 0 fully saturated rings. The topological polar surface area (TPSA) is 96.1 Å². The number of nitrogens with zero attached hydrogens (tertiary/aromatic N) is 3. The number of carboxylic acids is 1. The molecule has 0 atom stereocenters. The van der Waals surface area contributed by atoms with Gasteiger partial charge in [0.1, 0.15) is 17.3 Å². The minimum absolute atomic E-state index is 0.0519. The zero-order valence-electron chi connectivity index (χ0n) is 12.9. The van der Waals surface area contributed by atoms with Gasteiger partial charge in [-0.1, -0.05) is 18.2 Å². The highest BCUT2D eigenvalue weighted by molar-refractivity contribution is 6.10. The molecule has 0 amide bonds. The number of benzene rings is 3. The number of fused-ring (bicyclic) bond motifs is 4. The monoisotopic (exact) mass is 329 g/mol. The fourth-order valence-corrected chi connectivity index (χ4v) is 2.90. The number of hydrogen-bond acceptors (Lipinski definition) is 5. The molecular formula is C19H11N3O3. The summed E-state index contributed by atoms with van der Waals surface area (Å²) in [5.74, 6) is -0.466. The first-order valence-electron chi connectivity index (χ1n) is 7.54. The van der Waals surface area contributed by atoms with Crippen molar-refractivity contribution in [2.24, 2.45) is 0 Å². The number of carboxylic acid groups (broad SMARTS) is 1. The molecule has 0 radical (unpaired) electrons. The summed E-state index contributed by atoms with van der Waals surface area (Å²) in [6.07, 6.45) is 0. The summed E-state index contributed by atoms with van der Waals surface area (Å²) in [5.41, 5.74) is 2.25. The van der Waals surface area contributed by atoms with Crippen molar-refractivity contribution in [2.45, 2.75) is 0 Å². The van der Waals surface area contributed by atoms with Crippen molar-refractivity contribution in [2.75, 3.05) is 6.61 Å². The summed E-state index contributed by atoms with van der Waals surface area (Å²) in [7, 11) is 0. The molecule has 0 aliphatic rings. The minimum Gasteiger partial charge on any atom is -0.478 e. The first-order valence-corrected chi connectivity index (χ1v) is 7.54. The number of aromatic carboxylic acids is 1. The van der Waals surface area contributed by atoms with Crippen molar-refractivity contribution in [3.63, 3.8) is 0 Å². The molecule has 4 aromatic rings. The van der Waals surface area contributed by atoms with Gasteiger partial charge in [0.2, 0.25) is 0 Å². The highest BCUT2D eigenvalue weighted by Crippen LogP contribution is 2.31. The highest BCUT2D eigenvalue weighted by atomic mass is 16.5. The maximum absolute atomic E-state index is 11.5. The number of hydrogen-bond donors (Lipinski definition) is 1. The molecular weight excluding hydrogens is 318 g/mol. The Balaban J connectivity index is 2.08. The fraction of sp³-hybridized carbons (Fsp3) is 0.0526. The van der Waals surface area contributed by atoms with Crippen LogP contribution in [0.4, 0.5) is 0 Å². The van der Waals surface area contributed by atoms with Crippen molar-refractivity contribution in [1.82, 2.24) is 9.97 Å². The molecule has 6 heteroatoms. The molecule has 0 saturated carbocycles. The minimum atomic E-state index is -1.04. The summed E-state index contributed by atoms with van der Waals surface area (Å²) in [6, 6.07) is 16.0. The van der Waals surface area contributed by atoms with Gasteiger partial charge in [0.25, 0.3) is 0 Å². The van der Waals surface area contributed by atoms with E-state index in [4.69, 9.17) is 10.00 Å². The molecule has 120 valence electrons. The van der Waals surface area contributed by atoms with E-state index >= 15 is 0 Å².